The molecule has 0 unspecified atom stereocenters. The van der Waals surface area contributed by atoms with E-state index in [4.69, 9.17) is 16.3 Å². The van der Waals surface area contributed by atoms with Crippen molar-refractivity contribution in [2.45, 2.75) is 13.0 Å². The van der Waals surface area contributed by atoms with Crippen molar-refractivity contribution in [3.8, 4) is 0 Å². The van der Waals surface area contributed by atoms with E-state index in [2.05, 4.69) is 11.9 Å². The number of halogens is 2. The molecule has 0 saturated carbocycles. The van der Waals surface area contributed by atoms with Crippen molar-refractivity contribution < 1.29 is 9.13 Å². The third-order valence-corrected chi connectivity index (χ3v) is 2.34. The molecule has 0 radical (unpaired) electrons. The van der Waals surface area contributed by atoms with Gasteiger partial charge in [-0.05, 0) is 30.7 Å². The Hall–Kier alpha value is -1.06. The van der Waals surface area contributed by atoms with Crippen LogP contribution in [0.3, 0.4) is 0 Å². The third kappa shape index (κ3) is 4.64. The smallest absolute Gasteiger partial charge is 0.141 e. The summed E-state index contributed by atoms with van der Waals surface area (Å²) in [6, 6.07) is 4.72. The van der Waals surface area contributed by atoms with Gasteiger partial charge in [0, 0.05) is 6.54 Å². The van der Waals surface area contributed by atoms with E-state index in [1.54, 1.807) is 12.1 Å². The summed E-state index contributed by atoms with van der Waals surface area (Å²) < 4.78 is 17.8. The van der Waals surface area contributed by atoms with E-state index in [-0.39, 0.29) is 10.8 Å². The summed E-state index contributed by atoms with van der Waals surface area (Å²) in [4.78, 5) is 0. The van der Waals surface area contributed by atoms with Gasteiger partial charge in [-0.15, -0.1) is 0 Å². The molecule has 0 bridgehead atoms. The minimum absolute atomic E-state index is 0.161. The lowest BCUT2D eigenvalue weighted by molar-refractivity contribution is 0.244. The van der Waals surface area contributed by atoms with Gasteiger partial charge < -0.3 is 10.1 Å². The average molecular weight is 244 g/mol. The van der Waals surface area contributed by atoms with E-state index >= 15 is 0 Å². The van der Waals surface area contributed by atoms with Gasteiger partial charge in [0.25, 0.3) is 0 Å². The molecule has 1 N–H and O–H groups in total. The minimum Gasteiger partial charge on any atom is -0.502 e. The number of benzene rings is 1. The maximum atomic E-state index is 12.8. The average Bonchev–Trinajstić information content (AvgIpc) is 2.28. The van der Waals surface area contributed by atoms with E-state index in [1.807, 2.05) is 0 Å². The monoisotopic (exact) mass is 243 g/mol. The summed E-state index contributed by atoms with van der Waals surface area (Å²) in [7, 11) is 0. The molecular weight excluding hydrogens is 229 g/mol. The van der Waals surface area contributed by atoms with Gasteiger partial charge in [0.1, 0.15) is 5.82 Å². The largest absolute Gasteiger partial charge is 0.502 e. The Labute approximate surface area is 100 Å². The van der Waals surface area contributed by atoms with Crippen LogP contribution in [-0.4, -0.2) is 13.2 Å². The van der Waals surface area contributed by atoms with E-state index < -0.39 is 0 Å². The highest BCUT2D eigenvalue weighted by Gasteiger charge is 2.00. The van der Waals surface area contributed by atoms with Crippen LogP contribution < -0.4 is 5.32 Å². The van der Waals surface area contributed by atoms with E-state index in [1.165, 1.54) is 12.3 Å². The molecule has 0 aliphatic rings. The Kier molecular flexibility index (Phi) is 5.90. The van der Waals surface area contributed by atoms with Crippen LogP contribution in [0.4, 0.5) is 4.39 Å². The maximum absolute atomic E-state index is 12.8. The number of ether oxygens (including phenoxy) is 1. The molecule has 1 aromatic carbocycles. The first-order valence-electron chi connectivity index (χ1n) is 5.11. The molecule has 0 fully saturated rings. The van der Waals surface area contributed by atoms with E-state index in [0.29, 0.717) is 13.2 Å². The maximum Gasteiger partial charge on any atom is 0.141 e. The van der Waals surface area contributed by atoms with Gasteiger partial charge in [0.05, 0.1) is 17.9 Å². The molecular formula is C12H15ClFNO. The Morgan fingerprint density at radius 2 is 2.31 bits per heavy atom. The van der Waals surface area contributed by atoms with Crippen molar-refractivity contribution in [2.24, 2.45) is 0 Å². The van der Waals surface area contributed by atoms with Crippen LogP contribution in [0.2, 0.25) is 5.02 Å². The standard InChI is InChI=1S/C12H15ClFNO/c1-2-16-7-3-6-15-9-10-4-5-12(14)11(13)8-10/h2,4-5,8,15H,1,3,6-7,9H2. The van der Waals surface area contributed by atoms with Crippen LogP contribution >= 0.6 is 11.6 Å². The number of hydrogen-bond donors (Lipinski definition) is 1. The number of hydrogen-bond acceptors (Lipinski definition) is 2. The number of nitrogens with one attached hydrogen (secondary N) is 1. The van der Waals surface area contributed by atoms with Crippen molar-refractivity contribution >= 4 is 11.6 Å². The van der Waals surface area contributed by atoms with Gasteiger partial charge in [0.2, 0.25) is 0 Å². The third-order valence-electron chi connectivity index (χ3n) is 2.05. The Balaban J connectivity index is 2.21. The molecule has 0 heterocycles. The molecule has 0 aliphatic carbocycles. The number of rotatable bonds is 7. The van der Waals surface area contributed by atoms with Crippen molar-refractivity contribution in [2.75, 3.05) is 13.2 Å². The lowest BCUT2D eigenvalue weighted by Gasteiger charge is -2.05. The second-order valence-electron chi connectivity index (χ2n) is 3.32. The van der Waals surface area contributed by atoms with Gasteiger partial charge in [-0.3, -0.25) is 0 Å². The predicted molar refractivity (Wildman–Crippen MR) is 63.9 cm³/mol. The molecule has 4 heteroatoms. The van der Waals surface area contributed by atoms with Gasteiger partial charge in [-0.2, -0.15) is 0 Å². The Morgan fingerprint density at radius 3 is 3.00 bits per heavy atom. The fourth-order valence-electron chi connectivity index (χ4n) is 1.25. The summed E-state index contributed by atoms with van der Waals surface area (Å²) in [6.45, 7) is 5.62. The molecule has 88 valence electrons. The molecule has 0 saturated heterocycles. The summed E-state index contributed by atoms with van der Waals surface area (Å²) >= 11 is 5.66. The van der Waals surface area contributed by atoms with Crippen molar-refractivity contribution in [3.05, 3.63) is 47.4 Å². The summed E-state index contributed by atoms with van der Waals surface area (Å²) in [6.07, 6.45) is 2.33. The van der Waals surface area contributed by atoms with Gasteiger partial charge >= 0.3 is 0 Å². The van der Waals surface area contributed by atoms with Crippen LogP contribution in [0.5, 0.6) is 0 Å². The fourth-order valence-corrected chi connectivity index (χ4v) is 1.45. The normalized spacial score (nSPS) is 10.1. The molecule has 2 nitrogen and oxygen atoms in total. The molecule has 0 aliphatic heterocycles. The molecule has 0 aromatic heterocycles. The summed E-state index contributed by atoms with van der Waals surface area (Å²) in [5.41, 5.74) is 0.969. The molecule has 1 rings (SSSR count). The quantitative estimate of drug-likeness (QED) is 0.587. The second-order valence-corrected chi connectivity index (χ2v) is 3.72. The predicted octanol–water partition coefficient (Wildman–Crippen LogP) is 3.12. The van der Waals surface area contributed by atoms with Gasteiger partial charge in [0.15, 0.2) is 0 Å². The fraction of sp³-hybridized carbons (Fsp3) is 0.333. The topological polar surface area (TPSA) is 21.3 Å². The Bertz CT molecular complexity index is 344. The molecule has 0 spiro atoms. The van der Waals surface area contributed by atoms with Crippen LogP contribution in [0.1, 0.15) is 12.0 Å². The van der Waals surface area contributed by atoms with Gasteiger partial charge in [-0.1, -0.05) is 24.2 Å². The van der Waals surface area contributed by atoms with E-state index in [0.717, 1.165) is 18.5 Å². The van der Waals surface area contributed by atoms with Crippen LogP contribution in [0.15, 0.2) is 31.0 Å². The minimum atomic E-state index is -0.384. The van der Waals surface area contributed by atoms with Crippen LogP contribution in [0, 0.1) is 5.82 Å². The molecule has 16 heavy (non-hydrogen) atoms. The van der Waals surface area contributed by atoms with Crippen molar-refractivity contribution in [1.29, 1.82) is 0 Å². The SMILES string of the molecule is C=COCCCNCc1ccc(F)c(Cl)c1. The summed E-state index contributed by atoms with van der Waals surface area (Å²) in [5, 5.41) is 3.37. The van der Waals surface area contributed by atoms with Crippen LogP contribution in [-0.2, 0) is 11.3 Å². The molecule has 0 atom stereocenters. The zero-order valence-electron chi connectivity index (χ0n) is 9.01. The highest BCUT2D eigenvalue weighted by atomic mass is 35.5. The Morgan fingerprint density at radius 1 is 1.50 bits per heavy atom. The molecule has 0 amide bonds. The van der Waals surface area contributed by atoms with Crippen molar-refractivity contribution in [1.82, 2.24) is 5.32 Å². The highest BCUT2D eigenvalue weighted by Crippen LogP contribution is 2.15. The van der Waals surface area contributed by atoms with Crippen molar-refractivity contribution in [3.63, 3.8) is 0 Å². The lowest BCUT2D eigenvalue weighted by Crippen LogP contribution is -2.16. The first-order chi connectivity index (χ1) is 7.74. The first-order valence-corrected chi connectivity index (χ1v) is 5.49. The molecule has 1 aromatic rings. The van der Waals surface area contributed by atoms with E-state index in [9.17, 15) is 4.39 Å². The highest BCUT2D eigenvalue weighted by molar-refractivity contribution is 6.30. The van der Waals surface area contributed by atoms with Gasteiger partial charge in [-0.25, -0.2) is 4.39 Å². The van der Waals surface area contributed by atoms with Crippen LogP contribution in [0.25, 0.3) is 0 Å². The lowest BCUT2D eigenvalue weighted by atomic mass is 10.2. The summed E-state index contributed by atoms with van der Waals surface area (Å²) in [5.74, 6) is -0.384. The second kappa shape index (κ2) is 7.25. The zero-order valence-corrected chi connectivity index (χ0v) is 9.77. The zero-order chi connectivity index (χ0) is 11.8. The first kappa shape index (κ1) is 13.0.